The first-order valence-corrected chi connectivity index (χ1v) is 12.9. The first-order valence-electron chi connectivity index (χ1n) is 12.9. The number of ether oxygens (including phenoxy) is 3. The lowest BCUT2D eigenvalue weighted by Crippen LogP contribution is -2.46. The predicted molar refractivity (Wildman–Crippen MR) is 122 cm³/mol. The van der Waals surface area contributed by atoms with Crippen LogP contribution in [0, 0.1) is 41.9 Å². The second kappa shape index (κ2) is 10.8. The summed E-state index contributed by atoms with van der Waals surface area (Å²) in [4.78, 5) is 26.6. The summed E-state index contributed by atoms with van der Waals surface area (Å²) in [5.74, 6) is 2.67. The number of hydrogen-bond donors (Lipinski definition) is 0. The summed E-state index contributed by atoms with van der Waals surface area (Å²) < 4.78 is 15.9. The minimum Gasteiger partial charge on any atom is -0.465 e. The summed E-state index contributed by atoms with van der Waals surface area (Å²) >= 11 is 0. The van der Waals surface area contributed by atoms with Gasteiger partial charge >= 0.3 is 12.1 Å². The van der Waals surface area contributed by atoms with E-state index >= 15 is 0 Å². The van der Waals surface area contributed by atoms with Crippen LogP contribution in [-0.4, -0.2) is 56.5 Å². The van der Waals surface area contributed by atoms with E-state index in [0.29, 0.717) is 24.4 Å². The Balaban J connectivity index is 1.07. The Morgan fingerprint density at radius 2 is 1.69 bits per heavy atom. The Hall–Kier alpha value is -1.30. The van der Waals surface area contributed by atoms with Gasteiger partial charge in [0.05, 0.1) is 13.2 Å². The maximum Gasteiger partial charge on any atom is 0.508 e. The van der Waals surface area contributed by atoms with Crippen LogP contribution in [0.15, 0.2) is 0 Å². The zero-order valence-corrected chi connectivity index (χ0v) is 19.9. The number of carbonyl (C=O) groups excluding carboxylic acids is 2. The fourth-order valence-corrected chi connectivity index (χ4v) is 7.28. The van der Waals surface area contributed by atoms with E-state index in [9.17, 15) is 9.59 Å². The molecule has 5 fully saturated rings. The van der Waals surface area contributed by atoms with Crippen LogP contribution >= 0.6 is 0 Å². The molecule has 5 rings (SSSR count). The SMILES string of the molecule is [CH2]C(COC(=O)CCC12CC3CC(CC(C3)C1)C2)COC(=O)OCC1CCCN(CC)C1. The summed E-state index contributed by atoms with van der Waals surface area (Å²) in [6.07, 6.45) is 11.3. The highest BCUT2D eigenvalue weighted by Gasteiger charge is 2.50. The van der Waals surface area contributed by atoms with Crippen LogP contribution in [0.1, 0.15) is 71.1 Å². The topological polar surface area (TPSA) is 65.1 Å². The normalized spacial score (nSPS) is 34.8. The van der Waals surface area contributed by atoms with Gasteiger partial charge in [0.1, 0.15) is 6.61 Å². The lowest BCUT2D eigenvalue weighted by atomic mass is 9.48. The standard InChI is InChI=1S/C26H42NO5/c1-3-27-8-4-5-20(15-27)18-32-25(29)31-17-19(2)16-30-24(28)6-7-26-12-21-9-22(13-26)11-23(10-21)14-26/h19-23H,2-18H2,1H3. The molecule has 6 heteroatoms. The minimum atomic E-state index is -0.652. The molecule has 4 saturated carbocycles. The molecule has 2 atom stereocenters. The van der Waals surface area contributed by atoms with Gasteiger partial charge in [-0.15, -0.1) is 0 Å². The van der Waals surface area contributed by atoms with E-state index in [1.54, 1.807) is 0 Å². The third-order valence-corrected chi connectivity index (χ3v) is 8.43. The van der Waals surface area contributed by atoms with Gasteiger partial charge in [-0.3, -0.25) is 4.79 Å². The summed E-state index contributed by atoms with van der Waals surface area (Å²) in [6, 6.07) is 0. The van der Waals surface area contributed by atoms with Crippen molar-refractivity contribution in [1.82, 2.24) is 4.90 Å². The van der Waals surface area contributed by atoms with Crippen LogP contribution in [0.5, 0.6) is 0 Å². The molecule has 32 heavy (non-hydrogen) atoms. The highest BCUT2D eigenvalue weighted by Crippen LogP contribution is 2.61. The van der Waals surface area contributed by atoms with Gasteiger partial charge in [0.2, 0.25) is 0 Å². The molecule has 2 unspecified atom stereocenters. The van der Waals surface area contributed by atoms with Gasteiger partial charge in [-0.1, -0.05) is 6.92 Å². The number of nitrogens with zero attached hydrogens (tertiary/aromatic N) is 1. The van der Waals surface area contributed by atoms with Crippen molar-refractivity contribution in [2.45, 2.75) is 71.1 Å². The van der Waals surface area contributed by atoms with Gasteiger partial charge < -0.3 is 19.1 Å². The van der Waals surface area contributed by atoms with Crippen molar-refractivity contribution in [3.8, 4) is 0 Å². The first kappa shape index (κ1) is 23.8. The van der Waals surface area contributed by atoms with E-state index in [0.717, 1.165) is 56.7 Å². The molecule has 4 bridgehead atoms. The van der Waals surface area contributed by atoms with Crippen LogP contribution in [0.25, 0.3) is 0 Å². The summed E-state index contributed by atoms with van der Waals surface area (Å²) in [6.45, 7) is 9.92. The van der Waals surface area contributed by atoms with E-state index in [2.05, 4.69) is 18.7 Å². The molecule has 0 spiro atoms. The second-order valence-electron chi connectivity index (χ2n) is 11.2. The fourth-order valence-electron chi connectivity index (χ4n) is 7.28. The Morgan fingerprint density at radius 1 is 1.03 bits per heavy atom. The summed E-state index contributed by atoms with van der Waals surface area (Å²) in [5, 5.41) is 0. The first-order chi connectivity index (χ1) is 15.4. The van der Waals surface area contributed by atoms with E-state index in [4.69, 9.17) is 14.2 Å². The van der Waals surface area contributed by atoms with Crippen molar-refractivity contribution in [2.75, 3.05) is 39.5 Å². The van der Waals surface area contributed by atoms with Gasteiger partial charge in [-0.2, -0.15) is 0 Å². The van der Waals surface area contributed by atoms with Crippen LogP contribution in [0.2, 0.25) is 0 Å². The Kier molecular flexibility index (Phi) is 8.01. The van der Waals surface area contributed by atoms with Crippen molar-refractivity contribution in [3.63, 3.8) is 0 Å². The quantitative estimate of drug-likeness (QED) is 0.445. The molecule has 0 amide bonds. The molecule has 0 aromatic rings. The van der Waals surface area contributed by atoms with Crippen LogP contribution < -0.4 is 0 Å². The van der Waals surface area contributed by atoms with Gasteiger partial charge in [-0.25, -0.2) is 4.79 Å². The largest absolute Gasteiger partial charge is 0.508 e. The zero-order valence-electron chi connectivity index (χ0n) is 19.9. The lowest BCUT2D eigenvalue weighted by molar-refractivity contribution is -0.147. The summed E-state index contributed by atoms with van der Waals surface area (Å²) in [5.41, 5.74) is 0.400. The third-order valence-electron chi connectivity index (χ3n) is 8.43. The van der Waals surface area contributed by atoms with E-state index in [-0.39, 0.29) is 25.1 Å². The molecule has 5 aliphatic rings. The predicted octanol–water partition coefficient (Wildman–Crippen LogP) is 4.86. The molecule has 4 aliphatic carbocycles. The van der Waals surface area contributed by atoms with Crippen molar-refractivity contribution >= 4 is 12.1 Å². The number of esters is 1. The average Bonchev–Trinajstić information content (AvgIpc) is 2.78. The number of rotatable bonds is 10. The molecule has 0 N–H and O–H groups in total. The van der Waals surface area contributed by atoms with E-state index in [1.165, 1.54) is 38.5 Å². The molecular formula is C26H42NO5. The molecule has 181 valence electrons. The monoisotopic (exact) mass is 448 g/mol. The average molecular weight is 449 g/mol. The molecular weight excluding hydrogens is 406 g/mol. The smallest absolute Gasteiger partial charge is 0.465 e. The van der Waals surface area contributed by atoms with Gasteiger partial charge in [0.15, 0.2) is 0 Å². The minimum absolute atomic E-state index is 0.104. The Bertz CT molecular complexity index is 615. The van der Waals surface area contributed by atoms with Crippen molar-refractivity contribution in [3.05, 3.63) is 6.92 Å². The Labute approximate surface area is 193 Å². The van der Waals surface area contributed by atoms with Crippen molar-refractivity contribution in [1.29, 1.82) is 0 Å². The van der Waals surface area contributed by atoms with Gasteiger partial charge in [0, 0.05) is 24.8 Å². The Morgan fingerprint density at radius 3 is 2.34 bits per heavy atom. The molecule has 0 aromatic heterocycles. The number of hydrogen-bond acceptors (Lipinski definition) is 6. The molecule has 1 saturated heterocycles. The molecule has 1 radical (unpaired) electrons. The lowest BCUT2D eigenvalue weighted by Gasteiger charge is -2.57. The maximum absolute atomic E-state index is 12.3. The molecule has 1 aliphatic heterocycles. The van der Waals surface area contributed by atoms with Gasteiger partial charge in [-0.05, 0) is 101 Å². The van der Waals surface area contributed by atoms with Crippen LogP contribution in [0.4, 0.5) is 4.79 Å². The van der Waals surface area contributed by atoms with Crippen LogP contribution in [0.3, 0.4) is 0 Å². The van der Waals surface area contributed by atoms with E-state index in [1.807, 2.05) is 0 Å². The van der Waals surface area contributed by atoms with Crippen molar-refractivity contribution in [2.24, 2.45) is 35.0 Å². The maximum atomic E-state index is 12.3. The molecule has 6 nitrogen and oxygen atoms in total. The third kappa shape index (κ3) is 6.39. The highest BCUT2D eigenvalue weighted by molar-refractivity contribution is 5.69. The molecule has 0 aromatic carbocycles. The van der Waals surface area contributed by atoms with Crippen molar-refractivity contribution < 1.29 is 23.8 Å². The molecule has 1 heterocycles. The zero-order chi connectivity index (χ0) is 22.6. The summed E-state index contributed by atoms with van der Waals surface area (Å²) in [7, 11) is 0. The number of likely N-dealkylation sites (tertiary alicyclic amines) is 1. The highest BCUT2D eigenvalue weighted by atomic mass is 16.7. The van der Waals surface area contributed by atoms with Crippen LogP contribution in [-0.2, 0) is 19.0 Å². The number of piperidine rings is 1. The van der Waals surface area contributed by atoms with Gasteiger partial charge in [0.25, 0.3) is 0 Å². The van der Waals surface area contributed by atoms with E-state index < -0.39 is 6.16 Å². The second-order valence-corrected chi connectivity index (χ2v) is 11.2. The fraction of sp³-hybridized carbons (Fsp3) is 0.885. The number of carbonyl (C=O) groups is 2.